The van der Waals surface area contributed by atoms with Crippen LogP contribution in [-0.4, -0.2) is 47.6 Å². The van der Waals surface area contributed by atoms with Gasteiger partial charge in [-0.05, 0) is 12.8 Å². The van der Waals surface area contributed by atoms with Gasteiger partial charge in [0.1, 0.15) is 6.04 Å². The number of nitrogens with one attached hydrogen (secondary N) is 1. The molecule has 1 rings (SSSR count). The molecule has 2 N–H and O–H groups in total. The lowest BCUT2D eigenvalue weighted by molar-refractivity contribution is -0.141. The number of carboxylic acids is 1. The molecule has 1 heterocycles. The highest BCUT2D eigenvalue weighted by Crippen LogP contribution is 2.17. The van der Waals surface area contributed by atoms with Gasteiger partial charge >= 0.3 is 12.0 Å². The largest absolute Gasteiger partial charge is 0.480 e. The minimum atomic E-state index is -2.63. The minimum Gasteiger partial charge on any atom is -0.480 e. The van der Waals surface area contributed by atoms with Crippen LogP contribution in [0.3, 0.4) is 0 Å². The average molecular weight is 222 g/mol. The second-order valence-corrected chi connectivity index (χ2v) is 3.27. The molecule has 0 aliphatic carbocycles. The fraction of sp³-hybridized carbons (Fsp3) is 0.750. The van der Waals surface area contributed by atoms with Crippen molar-refractivity contribution in [3.05, 3.63) is 0 Å². The zero-order valence-corrected chi connectivity index (χ0v) is 7.95. The van der Waals surface area contributed by atoms with Crippen LogP contribution in [0.5, 0.6) is 0 Å². The van der Waals surface area contributed by atoms with Gasteiger partial charge in [0.05, 0.1) is 6.54 Å². The van der Waals surface area contributed by atoms with Crippen LogP contribution in [-0.2, 0) is 4.79 Å². The van der Waals surface area contributed by atoms with Crippen molar-refractivity contribution in [1.82, 2.24) is 10.2 Å². The Bertz CT molecular complexity index is 260. The van der Waals surface area contributed by atoms with E-state index in [1.807, 2.05) is 5.32 Å². The van der Waals surface area contributed by atoms with Crippen molar-refractivity contribution in [2.75, 3.05) is 13.1 Å². The number of hydrogen-bond donors (Lipinski definition) is 2. The molecule has 5 nitrogen and oxygen atoms in total. The third kappa shape index (κ3) is 3.03. The van der Waals surface area contributed by atoms with Crippen molar-refractivity contribution in [2.24, 2.45) is 0 Å². The Morgan fingerprint density at radius 3 is 2.73 bits per heavy atom. The van der Waals surface area contributed by atoms with E-state index in [9.17, 15) is 18.4 Å². The number of carboxylic acid groups (broad SMARTS) is 1. The van der Waals surface area contributed by atoms with E-state index in [4.69, 9.17) is 5.11 Å². The van der Waals surface area contributed by atoms with Gasteiger partial charge in [-0.1, -0.05) is 0 Å². The molecule has 0 aromatic heterocycles. The minimum absolute atomic E-state index is 0.298. The van der Waals surface area contributed by atoms with Gasteiger partial charge in [0.25, 0.3) is 6.43 Å². The first-order valence-electron chi connectivity index (χ1n) is 4.58. The first-order valence-corrected chi connectivity index (χ1v) is 4.58. The third-order valence-corrected chi connectivity index (χ3v) is 2.21. The molecular weight excluding hydrogens is 210 g/mol. The monoisotopic (exact) mass is 222 g/mol. The predicted molar refractivity (Wildman–Crippen MR) is 46.8 cm³/mol. The number of rotatable bonds is 3. The summed E-state index contributed by atoms with van der Waals surface area (Å²) in [5.41, 5.74) is 0. The zero-order chi connectivity index (χ0) is 11.4. The lowest BCUT2D eigenvalue weighted by Crippen LogP contribution is -2.47. The molecule has 1 atom stereocenters. The third-order valence-electron chi connectivity index (χ3n) is 2.21. The summed E-state index contributed by atoms with van der Waals surface area (Å²) >= 11 is 0. The highest BCUT2D eigenvalue weighted by molar-refractivity contribution is 5.83. The lowest BCUT2D eigenvalue weighted by atomic mass is 10.2. The van der Waals surface area contributed by atoms with Gasteiger partial charge in [0, 0.05) is 6.54 Å². The Labute approximate surface area is 85.0 Å². The molecule has 2 amide bonds. The number of carbonyl (C=O) groups is 2. The lowest BCUT2D eigenvalue weighted by Gasteiger charge is -2.21. The average Bonchev–Trinajstić information content (AvgIpc) is 2.62. The van der Waals surface area contributed by atoms with Crippen LogP contribution in [0.15, 0.2) is 0 Å². The first-order chi connectivity index (χ1) is 7.02. The molecule has 15 heavy (non-hydrogen) atoms. The van der Waals surface area contributed by atoms with Crippen molar-refractivity contribution >= 4 is 12.0 Å². The molecule has 1 aliphatic rings. The van der Waals surface area contributed by atoms with Crippen LogP contribution >= 0.6 is 0 Å². The van der Waals surface area contributed by atoms with Crippen molar-refractivity contribution in [2.45, 2.75) is 25.3 Å². The van der Waals surface area contributed by atoms with Gasteiger partial charge in [-0.2, -0.15) is 0 Å². The molecular formula is C8H12F2N2O3. The summed E-state index contributed by atoms with van der Waals surface area (Å²) in [6, 6.07) is -1.62. The molecule has 0 spiro atoms. The number of amides is 2. The maximum absolute atomic E-state index is 11.8. The van der Waals surface area contributed by atoms with E-state index >= 15 is 0 Å². The van der Waals surface area contributed by atoms with Gasteiger partial charge in [-0.25, -0.2) is 18.4 Å². The van der Waals surface area contributed by atoms with E-state index in [-0.39, 0.29) is 0 Å². The summed E-state index contributed by atoms with van der Waals surface area (Å²) < 4.78 is 23.6. The summed E-state index contributed by atoms with van der Waals surface area (Å²) in [5.74, 6) is -1.10. The molecule has 86 valence electrons. The zero-order valence-electron chi connectivity index (χ0n) is 7.95. The van der Waals surface area contributed by atoms with Gasteiger partial charge in [-0.15, -0.1) is 0 Å². The number of alkyl halides is 2. The summed E-state index contributed by atoms with van der Waals surface area (Å²) in [4.78, 5) is 23.0. The normalized spacial score (nSPS) is 20.7. The van der Waals surface area contributed by atoms with Crippen LogP contribution in [0.25, 0.3) is 0 Å². The van der Waals surface area contributed by atoms with Crippen LogP contribution in [0, 0.1) is 0 Å². The maximum atomic E-state index is 11.8. The van der Waals surface area contributed by atoms with Gasteiger partial charge in [0.2, 0.25) is 0 Å². The summed E-state index contributed by atoms with van der Waals surface area (Å²) in [5, 5.41) is 10.7. The first kappa shape index (κ1) is 11.7. The molecule has 0 saturated carbocycles. The molecule has 0 bridgehead atoms. The van der Waals surface area contributed by atoms with Crippen molar-refractivity contribution in [3.8, 4) is 0 Å². The van der Waals surface area contributed by atoms with Gasteiger partial charge in [0.15, 0.2) is 0 Å². The van der Waals surface area contributed by atoms with E-state index < -0.39 is 31.0 Å². The molecule has 7 heteroatoms. The number of likely N-dealkylation sites (tertiary alicyclic amines) is 1. The Kier molecular flexibility index (Phi) is 3.81. The quantitative estimate of drug-likeness (QED) is 0.731. The maximum Gasteiger partial charge on any atom is 0.326 e. The van der Waals surface area contributed by atoms with E-state index in [2.05, 4.69) is 0 Å². The topological polar surface area (TPSA) is 69.6 Å². The van der Waals surface area contributed by atoms with Crippen LogP contribution in [0.4, 0.5) is 13.6 Å². The molecule has 0 radical (unpaired) electrons. The van der Waals surface area contributed by atoms with Gasteiger partial charge in [-0.3, -0.25) is 0 Å². The van der Waals surface area contributed by atoms with Crippen LogP contribution < -0.4 is 5.32 Å². The number of carbonyl (C=O) groups excluding carboxylic acids is 1. The highest BCUT2D eigenvalue weighted by Gasteiger charge is 2.33. The SMILES string of the molecule is O=C(O)[C@@H]1CCCN1C(=O)NCC(F)F. The molecule has 1 saturated heterocycles. The number of hydrogen-bond acceptors (Lipinski definition) is 2. The standard InChI is InChI=1S/C8H12F2N2O3/c9-6(10)4-11-8(15)12-3-1-2-5(12)7(13)14/h5-6H,1-4H2,(H,11,15)(H,13,14)/t5-/m0/s1. The van der Waals surface area contributed by atoms with E-state index in [1.165, 1.54) is 0 Å². The summed E-state index contributed by atoms with van der Waals surface area (Å²) in [6.45, 7) is -0.451. The Morgan fingerprint density at radius 2 is 2.20 bits per heavy atom. The van der Waals surface area contributed by atoms with Crippen LogP contribution in [0.1, 0.15) is 12.8 Å². The van der Waals surface area contributed by atoms with Crippen molar-refractivity contribution in [3.63, 3.8) is 0 Å². The highest BCUT2D eigenvalue weighted by atomic mass is 19.3. The summed E-state index contributed by atoms with van der Waals surface area (Å²) in [6.07, 6.45) is -1.67. The Hall–Kier alpha value is -1.40. The smallest absolute Gasteiger partial charge is 0.326 e. The van der Waals surface area contributed by atoms with Gasteiger partial charge < -0.3 is 15.3 Å². The second-order valence-electron chi connectivity index (χ2n) is 3.27. The fourth-order valence-corrected chi connectivity index (χ4v) is 1.53. The number of urea groups is 1. The van der Waals surface area contributed by atoms with Crippen molar-refractivity contribution in [1.29, 1.82) is 0 Å². The number of aliphatic carboxylic acids is 1. The van der Waals surface area contributed by atoms with Crippen LogP contribution in [0.2, 0.25) is 0 Å². The molecule has 1 fully saturated rings. The molecule has 0 unspecified atom stereocenters. The number of halogens is 2. The Balaban J connectivity index is 2.47. The second kappa shape index (κ2) is 4.90. The Morgan fingerprint density at radius 1 is 1.53 bits per heavy atom. The summed E-state index contributed by atoms with van der Waals surface area (Å²) in [7, 11) is 0. The molecule has 0 aromatic carbocycles. The number of nitrogens with zero attached hydrogens (tertiary/aromatic N) is 1. The van der Waals surface area contributed by atoms with Crippen molar-refractivity contribution < 1.29 is 23.5 Å². The fourth-order valence-electron chi connectivity index (χ4n) is 1.53. The molecule has 1 aliphatic heterocycles. The predicted octanol–water partition coefficient (Wildman–Crippen LogP) is 0.510. The molecule has 0 aromatic rings. The van der Waals surface area contributed by atoms with E-state index in [0.717, 1.165) is 4.90 Å². The van der Waals surface area contributed by atoms with E-state index in [1.54, 1.807) is 0 Å². The van der Waals surface area contributed by atoms with E-state index in [0.29, 0.717) is 19.4 Å².